The average molecular weight is 398 g/mol. The fourth-order valence-electron chi connectivity index (χ4n) is 2.87. The summed E-state index contributed by atoms with van der Waals surface area (Å²) in [6, 6.07) is 11.8. The number of rotatable bonds is 6. The highest BCUT2D eigenvalue weighted by atomic mass is 32.2. The molecular formula is C19H23N7OS. The molecule has 0 atom stereocenters. The van der Waals surface area contributed by atoms with E-state index in [2.05, 4.69) is 25.4 Å². The monoisotopic (exact) mass is 397 g/mol. The van der Waals surface area contributed by atoms with Crippen molar-refractivity contribution in [3.63, 3.8) is 0 Å². The summed E-state index contributed by atoms with van der Waals surface area (Å²) in [5.74, 6) is 3.13. The first-order valence-electron chi connectivity index (χ1n) is 9.14. The lowest BCUT2D eigenvalue weighted by Crippen LogP contribution is -2.36. The summed E-state index contributed by atoms with van der Waals surface area (Å²) in [6.07, 6.45) is 0. The molecule has 1 fully saturated rings. The standard InChI is InChI=1S/C19H23N7OS/c1-13-10-17(25-24-13)21-16-11-18(26-6-8-27-9-7-26)23-19(22-16)28-12-14-2-4-15(20)5-3-14/h2-5,10-11H,6-9,12,20H2,1H3,(H2,21,22,23,24,25). The van der Waals surface area contributed by atoms with Gasteiger partial charge in [-0.2, -0.15) is 5.10 Å². The first kappa shape index (κ1) is 18.6. The zero-order chi connectivity index (χ0) is 19.3. The molecule has 0 spiro atoms. The van der Waals surface area contributed by atoms with Crippen LogP contribution in [0.15, 0.2) is 41.6 Å². The summed E-state index contributed by atoms with van der Waals surface area (Å²) in [4.78, 5) is 11.7. The summed E-state index contributed by atoms with van der Waals surface area (Å²) in [5, 5.41) is 11.2. The molecule has 0 aliphatic carbocycles. The highest BCUT2D eigenvalue weighted by molar-refractivity contribution is 7.98. The van der Waals surface area contributed by atoms with Crippen molar-refractivity contribution in [2.24, 2.45) is 0 Å². The number of anilines is 4. The molecule has 1 aromatic carbocycles. The Balaban J connectivity index is 1.56. The van der Waals surface area contributed by atoms with Crippen LogP contribution in [0.4, 0.5) is 23.1 Å². The van der Waals surface area contributed by atoms with E-state index in [-0.39, 0.29) is 0 Å². The van der Waals surface area contributed by atoms with Crippen LogP contribution in [0, 0.1) is 6.92 Å². The second-order valence-electron chi connectivity index (χ2n) is 6.58. The molecule has 9 heteroatoms. The molecule has 3 heterocycles. The summed E-state index contributed by atoms with van der Waals surface area (Å²) < 4.78 is 5.46. The molecule has 3 aromatic rings. The number of benzene rings is 1. The van der Waals surface area contributed by atoms with Gasteiger partial charge >= 0.3 is 0 Å². The third kappa shape index (κ3) is 4.73. The largest absolute Gasteiger partial charge is 0.399 e. The molecule has 8 nitrogen and oxygen atoms in total. The van der Waals surface area contributed by atoms with Crippen molar-refractivity contribution in [1.82, 2.24) is 20.2 Å². The number of hydrogen-bond acceptors (Lipinski definition) is 8. The van der Waals surface area contributed by atoms with Gasteiger partial charge in [-0.15, -0.1) is 0 Å². The Labute approximate surface area is 167 Å². The Kier molecular flexibility index (Phi) is 5.63. The number of hydrogen-bond donors (Lipinski definition) is 3. The molecule has 146 valence electrons. The van der Waals surface area contributed by atoms with Gasteiger partial charge < -0.3 is 20.7 Å². The molecule has 1 aliphatic heterocycles. The van der Waals surface area contributed by atoms with E-state index < -0.39 is 0 Å². The van der Waals surface area contributed by atoms with E-state index in [0.717, 1.165) is 52.8 Å². The van der Waals surface area contributed by atoms with E-state index in [4.69, 9.17) is 15.5 Å². The number of nitrogens with two attached hydrogens (primary N) is 1. The maximum absolute atomic E-state index is 5.77. The number of nitrogens with one attached hydrogen (secondary N) is 2. The third-order valence-corrected chi connectivity index (χ3v) is 5.26. The minimum Gasteiger partial charge on any atom is -0.399 e. The summed E-state index contributed by atoms with van der Waals surface area (Å²) in [7, 11) is 0. The van der Waals surface area contributed by atoms with Crippen LogP contribution in [0.1, 0.15) is 11.3 Å². The molecule has 0 unspecified atom stereocenters. The Morgan fingerprint density at radius 3 is 2.64 bits per heavy atom. The summed E-state index contributed by atoms with van der Waals surface area (Å²) in [5.41, 5.74) is 8.70. The number of nitrogen functional groups attached to an aromatic ring is 1. The van der Waals surface area contributed by atoms with Crippen molar-refractivity contribution in [3.05, 3.63) is 47.7 Å². The summed E-state index contributed by atoms with van der Waals surface area (Å²) in [6.45, 7) is 5.02. The second kappa shape index (κ2) is 8.49. The lowest BCUT2D eigenvalue weighted by Gasteiger charge is -2.28. The van der Waals surface area contributed by atoms with E-state index in [1.165, 1.54) is 5.56 Å². The fourth-order valence-corrected chi connectivity index (χ4v) is 3.68. The molecule has 0 amide bonds. The molecule has 4 N–H and O–H groups in total. The zero-order valence-corrected chi connectivity index (χ0v) is 16.5. The van der Waals surface area contributed by atoms with Gasteiger partial charge in [0.25, 0.3) is 0 Å². The van der Waals surface area contributed by atoms with Gasteiger partial charge in [-0.25, -0.2) is 9.97 Å². The van der Waals surface area contributed by atoms with Gasteiger partial charge in [-0.05, 0) is 24.6 Å². The van der Waals surface area contributed by atoms with Gasteiger partial charge in [0.15, 0.2) is 11.0 Å². The topological polar surface area (TPSA) is 105 Å². The number of ether oxygens (including phenoxy) is 1. The van der Waals surface area contributed by atoms with Gasteiger partial charge in [-0.3, -0.25) is 5.10 Å². The Morgan fingerprint density at radius 2 is 1.93 bits per heavy atom. The molecule has 1 aliphatic rings. The van der Waals surface area contributed by atoms with Crippen molar-refractivity contribution in [3.8, 4) is 0 Å². The summed E-state index contributed by atoms with van der Waals surface area (Å²) >= 11 is 1.60. The van der Waals surface area contributed by atoms with Crippen LogP contribution >= 0.6 is 11.8 Å². The SMILES string of the molecule is Cc1cc(Nc2cc(N3CCOCC3)nc(SCc3ccc(N)cc3)n2)n[nH]1. The van der Waals surface area contributed by atoms with Crippen LogP contribution in [0.2, 0.25) is 0 Å². The van der Waals surface area contributed by atoms with Gasteiger partial charge in [0, 0.05) is 42.4 Å². The maximum atomic E-state index is 5.77. The fraction of sp³-hybridized carbons (Fsp3) is 0.316. The van der Waals surface area contributed by atoms with Gasteiger partial charge in [-0.1, -0.05) is 23.9 Å². The molecule has 0 bridgehead atoms. The number of aromatic amines is 1. The smallest absolute Gasteiger partial charge is 0.191 e. The number of thioether (sulfide) groups is 1. The molecule has 1 saturated heterocycles. The predicted octanol–water partition coefficient (Wildman–Crippen LogP) is 2.96. The highest BCUT2D eigenvalue weighted by Gasteiger charge is 2.16. The normalized spacial score (nSPS) is 14.2. The zero-order valence-electron chi connectivity index (χ0n) is 15.7. The van der Waals surface area contributed by atoms with E-state index in [1.54, 1.807) is 11.8 Å². The molecular weight excluding hydrogens is 374 g/mol. The predicted molar refractivity (Wildman–Crippen MR) is 112 cm³/mol. The molecule has 4 rings (SSSR count). The quantitative estimate of drug-likeness (QED) is 0.331. The molecule has 0 saturated carbocycles. The van der Waals surface area contributed by atoms with Crippen LogP contribution in [-0.2, 0) is 10.5 Å². The Bertz CT molecular complexity index is 922. The van der Waals surface area contributed by atoms with E-state index in [9.17, 15) is 0 Å². The Morgan fingerprint density at radius 1 is 1.14 bits per heavy atom. The van der Waals surface area contributed by atoms with Crippen LogP contribution in [0.5, 0.6) is 0 Å². The number of H-pyrrole nitrogens is 1. The van der Waals surface area contributed by atoms with Gasteiger partial charge in [0.1, 0.15) is 11.6 Å². The molecule has 2 aromatic heterocycles. The van der Waals surface area contributed by atoms with E-state index >= 15 is 0 Å². The first-order valence-corrected chi connectivity index (χ1v) is 10.1. The van der Waals surface area contributed by atoms with Crippen molar-refractivity contribution in [2.45, 2.75) is 17.8 Å². The van der Waals surface area contributed by atoms with Crippen LogP contribution in [0.3, 0.4) is 0 Å². The lowest BCUT2D eigenvalue weighted by molar-refractivity contribution is 0.122. The second-order valence-corrected chi connectivity index (χ2v) is 7.53. The van der Waals surface area contributed by atoms with Crippen molar-refractivity contribution in [1.29, 1.82) is 0 Å². The van der Waals surface area contributed by atoms with Gasteiger partial charge in [0.05, 0.1) is 13.2 Å². The average Bonchev–Trinajstić information content (AvgIpc) is 3.12. The first-order chi connectivity index (χ1) is 13.7. The van der Waals surface area contributed by atoms with E-state index in [1.807, 2.05) is 43.3 Å². The van der Waals surface area contributed by atoms with Crippen LogP contribution in [-0.4, -0.2) is 46.5 Å². The van der Waals surface area contributed by atoms with Crippen LogP contribution < -0.4 is 16.0 Å². The van der Waals surface area contributed by atoms with Gasteiger partial charge in [0.2, 0.25) is 0 Å². The van der Waals surface area contributed by atoms with E-state index in [0.29, 0.717) is 13.2 Å². The lowest BCUT2D eigenvalue weighted by atomic mass is 10.2. The maximum Gasteiger partial charge on any atom is 0.191 e. The molecule has 0 radical (unpaired) electrons. The van der Waals surface area contributed by atoms with Crippen molar-refractivity contribution >= 4 is 34.9 Å². The number of aryl methyl sites for hydroxylation is 1. The number of nitrogens with zero attached hydrogens (tertiary/aromatic N) is 4. The van der Waals surface area contributed by atoms with Crippen molar-refractivity contribution < 1.29 is 4.74 Å². The Hall–Kier alpha value is -2.78. The number of morpholine rings is 1. The minimum absolute atomic E-state index is 0.708. The van der Waals surface area contributed by atoms with Crippen LogP contribution in [0.25, 0.3) is 0 Å². The third-order valence-electron chi connectivity index (χ3n) is 4.34. The number of aromatic nitrogens is 4. The van der Waals surface area contributed by atoms with Crippen molar-refractivity contribution in [2.75, 3.05) is 42.3 Å². The minimum atomic E-state index is 0.708. The highest BCUT2D eigenvalue weighted by Crippen LogP contribution is 2.26. The molecule has 28 heavy (non-hydrogen) atoms.